The van der Waals surface area contributed by atoms with Crippen molar-refractivity contribution in [2.45, 2.75) is 26.2 Å². The largest absolute Gasteiger partial charge is 2.00 e. The minimum atomic E-state index is 0. The fraction of sp³-hybridized carbons (Fsp3) is 0.400. The Morgan fingerprint density at radius 2 is 1.42 bits per heavy atom. The summed E-state index contributed by atoms with van der Waals surface area (Å²) in [5.74, 6) is 0. The average Bonchev–Trinajstić information content (AvgIpc) is 1.88. The van der Waals surface area contributed by atoms with E-state index in [0.717, 1.165) is 0 Å². The van der Waals surface area contributed by atoms with Crippen molar-refractivity contribution in [2.24, 2.45) is 0 Å². The molecule has 2 heteroatoms. The van der Waals surface area contributed by atoms with E-state index in [9.17, 15) is 0 Å². The molecule has 12 heavy (non-hydrogen) atoms. The van der Waals surface area contributed by atoms with Crippen molar-refractivity contribution in [3.8, 4) is 0 Å². The summed E-state index contributed by atoms with van der Waals surface area (Å²) < 4.78 is 0. The molecule has 0 saturated carbocycles. The Labute approximate surface area is 105 Å². The van der Waals surface area contributed by atoms with E-state index in [4.69, 9.17) is 0 Å². The molecule has 0 atom stereocenters. The molecule has 0 aliphatic rings. The second-order valence-electron chi connectivity index (χ2n) is 3.62. The molecule has 0 bridgehead atoms. The zero-order valence-electron chi connectivity index (χ0n) is 10.0. The summed E-state index contributed by atoms with van der Waals surface area (Å²) in [5, 5.41) is 0. The van der Waals surface area contributed by atoms with Crippen LogP contribution in [0.2, 0.25) is 0 Å². The van der Waals surface area contributed by atoms with Crippen LogP contribution in [-0.4, -0.2) is 23.1 Å². The molecule has 1 aromatic rings. The third kappa shape index (κ3) is 4.48. The second-order valence-corrected chi connectivity index (χ2v) is 3.62. The summed E-state index contributed by atoms with van der Waals surface area (Å²) in [5.41, 5.74) is 1.69. The molecule has 1 aromatic carbocycles. The molecule has 0 amide bonds. The first-order valence-corrected chi connectivity index (χ1v) is 3.66. The second kappa shape index (κ2) is 6.00. The van der Waals surface area contributed by atoms with Crippen LogP contribution in [-0.2, 0) is 5.41 Å². The predicted molar refractivity (Wildman–Crippen MR) is 63.4 cm³/mol. The van der Waals surface area contributed by atoms with Crippen LogP contribution in [0.1, 0.15) is 29.2 Å². The van der Waals surface area contributed by atoms with Gasteiger partial charge in [-0.2, -0.15) is 0 Å². The summed E-state index contributed by atoms with van der Waals surface area (Å²) in [6.07, 6.45) is 0. The zero-order valence-corrected chi connectivity index (χ0v) is 11.1. The van der Waals surface area contributed by atoms with Crippen LogP contribution in [0.15, 0.2) is 30.3 Å². The van der Waals surface area contributed by atoms with E-state index < -0.39 is 0 Å². The quantitative estimate of drug-likeness (QED) is 0.611. The Kier molecular flexibility index (Phi) is 7.48. The summed E-state index contributed by atoms with van der Waals surface area (Å²) in [4.78, 5) is 0. The van der Waals surface area contributed by atoms with Crippen LogP contribution >= 0.6 is 17.0 Å². The molecule has 0 heterocycles. The van der Waals surface area contributed by atoms with Gasteiger partial charge in [-0.1, -0.05) is 51.1 Å². The zero-order chi connectivity index (χ0) is 7.61. The van der Waals surface area contributed by atoms with Gasteiger partial charge in [-0.15, -0.1) is 17.0 Å². The Bertz CT molecular complexity index is 209. The molecule has 0 nitrogen and oxygen atoms in total. The fourth-order valence-corrected chi connectivity index (χ4v) is 0.938. The summed E-state index contributed by atoms with van der Waals surface area (Å²) in [7, 11) is 0. The third-order valence-corrected chi connectivity index (χ3v) is 1.64. The number of halogens is 1. The minimum Gasteiger partial charge on any atom is -1.00 e. The van der Waals surface area contributed by atoms with Gasteiger partial charge >= 0.3 is 23.1 Å². The van der Waals surface area contributed by atoms with Crippen molar-refractivity contribution in [3.05, 3.63) is 35.9 Å². The SMILES string of the molecule is Br.CC(C)(C)c1ccccc1.[H-].[H-].[Mg+2]. The van der Waals surface area contributed by atoms with Crippen LogP contribution in [0.5, 0.6) is 0 Å². The first-order chi connectivity index (χ1) is 4.61. The molecule has 0 N–H and O–H groups in total. The van der Waals surface area contributed by atoms with E-state index in [0.29, 0.717) is 5.41 Å². The molecular formula is C10H17BrMg. The summed E-state index contributed by atoms with van der Waals surface area (Å²) in [6, 6.07) is 10.6. The van der Waals surface area contributed by atoms with Crippen LogP contribution in [0, 0.1) is 0 Å². The minimum absolute atomic E-state index is 0. The van der Waals surface area contributed by atoms with Crippen molar-refractivity contribution >= 4 is 40.0 Å². The van der Waals surface area contributed by atoms with Crippen LogP contribution < -0.4 is 0 Å². The van der Waals surface area contributed by atoms with Crippen molar-refractivity contribution in [3.63, 3.8) is 0 Å². The molecule has 0 radical (unpaired) electrons. The van der Waals surface area contributed by atoms with Gasteiger partial charge < -0.3 is 2.85 Å². The maximum Gasteiger partial charge on any atom is 2.00 e. The number of hydrogen-bond donors (Lipinski definition) is 0. The Balaban J connectivity index is -0.000000125. The summed E-state index contributed by atoms with van der Waals surface area (Å²) >= 11 is 0. The summed E-state index contributed by atoms with van der Waals surface area (Å²) in [6.45, 7) is 6.67. The van der Waals surface area contributed by atoms with Gasteiger partial charge in [-0.25, -0.2) is 0 Å². The van der Waals surface area contributed by atoms with E-state index in [2.05, 4.69) is 51.1 Å². The normalized spacial score (nSPS) is 9.58. The first-order valence-electron chi connectivity index (χ1n) is 3.66. The van der Waals surface area contributed by atoms with Crippen molar-refractivity contribution in [2.75, 3.05) is 0 Å². The predicted octanol–water partition coefficient (Wildman–Crippen LogP) is 3.41. The number of rotatable bonds is 0. The third-order valence-electron chi connectivity index (χ3n) is 1.64. The monoisotopic (exact) mass is 240 g/mol. The van der Waals surface area contributed by atoms with Crippen molar-refractivity contribution in [1.82, 2.24) is 0 Å². The average molecular weight is 241 g/mol. The molecule has 0 saturated heterocycles. The smallest absolute Gasteiger partial charge is 1.00 e. The Hall–Kier alpha value is 0.466. The maximum atomic E-state index is 2.22. The fourth-order valence-electron chi connectivity index (χ4n) is 0.938. The molecule has 1 rings (SSSR count). The van der Waals surface area contributed by atoms with E-state index in [1.807, 2.05) is 0 Å². The molecule has 66 valence electrons. The van der Waals surface area contributed by atoms with Gasteiger partial charge in [0, 0.05) is 0 Å². The van der Waals surface area contributed by atoms with Gasteiger partial charge in [0.15, 0.2) is 0 Å². The molecule has 0 unspecified atom stereocenters. The van der Waals surface area contributed by atoms with Crippen molar-refractivity contribution < 1.29 is 2.85 Å². The van der Waals surface area contributed by atoms with E-state index in [1.165, 1.54) is 5.56 Å². The molecule has 0 aromatic heterocycles. The van der Waals surface area contributed by atoms with Crippen LogP contribution in [0.4, 0.5) is 0 Å². The van der Waals surface area contributed by atoms with Gasteiger partial charge in [0.05, 0.1) is 0 Å². The van der Waals surface area contributed by atoms with Gasteiger partial charge in [-0.05, 0) is 11.0 Å². The van der Waals surface area contributed by atoms with E-state index in [1.54, 1.807) is 0 Å². The molecule has 0 aliphatic heterocycles. The molecule has 0 fully saturated rings. The maximum absolute atomic E-state index is 2.22. The van der Waals surface area contributed by atoms with Gasteiger partial charge in [-0.3, -0.25) is 0 Å². The first kappa shape index (κ1) is 15.0. The van der Waals surface area contributed by atoms with Crippen LogP contribution in [0.3, 0.4) is 0 Å². The topological polar surface area (TPSA) is 0 Å². The Morgan fingerprint density at radius 1 is 1.00 bits per heavy atom. The number of hydrogen-bond acceptors (Lipinski definition) is 0. The van der Waals surface area contributed by atoms with E-state index in [-0.39, 0.29) is 42.9 Å². The Morgan fingerprint density at radius 3 is 1.67 bits per heavy atom. The van der Waals surface area contributed by atoms with Crippen molar-refractivity contribution in [1.29, 1.82) is 0 Å². The molecular weight excluding hydrogens is 224 g/mol. The number of benzene rings is 1. The molecule has 0 spiro atoms. The molecule has 0 aliphatic carbocycles. The van der Waals surface area contributed by atoms with Crippen LogP contribution in [0.25, 0.3) is 0 Å². The van der Waals surface area contributed by atoms with Gasteiger partial charge in [0.1, 0.15) is 0 Å². The van der Waals surface area contributed by atoms with Gasteiger partial charge in [0.25, 0.3) is 0 Å². The van der Waals surface area contributed by atoms with E-state index >= 15 is 0 Å². The standard InChI is InChI=1S/C10H14.BrH.Mg.2H/c1-10(2,3)9-7-5-4-6-8-9;;;;/h4-8H,1-3H3;1H;;;/q;;+2;2*-1. The van der Waals surface area contributed by atoms with Gasteiger partial charge in [0.2, 0.25) is 0 Å².